The summed E-state index contributed by atoms with van der Waals surface area (Å²) >= 11 is 0. The molecule has 1 saturated heterocycles. The number of aliphatic carboxylic acids is 1. The number of nitrogens with one attached hydrogen (secondary N) is 1. The van der Waals surface area contributed by atoms with Crippen LogP contribution in [0.4, 0.5) is 4.79 Å². The van der Waals surface area contributed by atoms with Crippen molar-refractivity contribution >= 4 is 12.0 Å². The Balaban J connectivity index is 2.36. The number of rotatable bonds is 4. The van der Waals surface area contributed by atoms with E-state index in [1.807, 2.05) is 0 Å². The molecular formula is C11H20N2O3. The lowest BCUT2D eigenvalue weighted by Gasteiger charge is -2.19. The zero-order valence-corrected chi connectivity index (χ0v) is 9.90. The van der Waals surface area contributed by atoms with Crippen LogP contribution in [0.2, 0.25) is 0 Å². The summed E-state index contributed by atoms with van der Waals surface area (Å²) < 4.78 is 0. The van der Waals surface area contributed by atoms with Gasteiger partial charge >= 0.3 is 12.0 Å². The molecule has 16 heavy (non-hydrogen) atoms. The maximum Gasteiger partial charge on any atom is 0.325 e. The van der Waals surface area contributed by atoms with E-state index in [1.165, 1.54) is 6.92 Å². The van der Waals surface area contributed by atoms with E-state index in [-0.39, 0.29) is 6.03 Å². The Morgan fingerprint density at radius 2 is 2.25 bits per heavy atom. The van der Waals surface area contributed by atoms with Crippen LogP contribution in [-0.4, -0.2) is 41.1 Å². The highest BCUT2D eigenvalue weighted by Crippen LogP contribution is 2.20. The molecule has 1 aliphatic rings. The normalized spacial score (nSPS) is 21.9. The minimum absolute atomic E-state index is 0.256. The Hall–Kier alpha value is -1.26. The molecule has 0 bridgehead atoms. The number of carboxylic acid groups (broad SMARTS) is 1. The molecule has 0 aliphatic carbocycles. The summed E-state index contributed by atoms with van der Waals surface area (Å²) in [6, 6.07) is -1.08. The molecule has 0 aromatic carbocycles. The molecule has 1 rings (SSSR count). The van der Waals surface area contributed by atoms with Gasteiger partial charge < -0.3 is 15.3 Å². The number of nitrogens with zero attached hydrogens (tertiary/aromatic N) is 1. The van der Waals surface area contributed by atoms with Gasteiger partial charge in [-0.3, -0.25) is 4.79 Å². The van der Waals surface area contributed by atoms with Crippen molar-refractivity contribution in [3.63, 3.8) is 0 Å². The van der Waals surface area contributed by atoms with Gasteiger partial charge in [0.1, 0.15) is 6.04 Å². The number of urea groups is 1. The lowest BCUT2D eigenvalue weighted by molar-refractivity contribution is -0.138. The molecular weight excluding hydrogens is 208 g/mol. The van der Waals surface area contributed by atoms with Crippen LogP contribution in [0, 0.1) is 5.92 Å². The molecule has 1 heterocycles. The van der Waals surface area contributed by atoms with Gasteiger partial charge in [-0.2, -0.15) is 0 Å². The van der Waals surface area contributed by atoms with Crippen LogP contribution < -0.4 is 5.32 Å². The highest BCUT2D eigenvalue weighted by Gasteiger charge is 2.27. The average Bonchev–Trinajstić information content (AvgIpc) is 2.66. The molecule has 0 aromatic rings. The van der Waals surface area contributed by atoms with Crippen molar-refractivity contribution in [3.8, 4) is 0 Å². The Bertz CT molecular complexity index is 268. The van der Waals surface area contributed by atoms with Crippen LogP contribution >= 0.6 is 0 Å². The van der Waals surface area contributed by atoms with Crippen LogP contribution in [0.5, 0.6) is 0 Å². The Labute approximate surface area is 95.8 Å². The molecule has 0 spiro atoms. The summed E-state index contributed by atoms with van der Waals surface area (Å²) in [7, 11) is 0. The van der Waals surface area contributed by atoms with E-state index in [9.17, 15) is 9.59 Å². The molecule has 5 heteroatoms. The summed E-state index contributed by atoms with van der Waals surface area (Å²) in [4.78, 5) is 24.0. The average molecular weight is 228 g/mol. The number of carboxylic acids is 1. The predicted octanol–water partition coefficient (Wildman–Crippen LogP) is 1.29. The molecule has 0 saturated carbocycles. The molecule has 1 aliphatic heterocycles. The number of likely N-dealkylation sites (tertiary alicyclic amines) is 1. The summed E-state index contributed by atoms with van der Waals surface area (Å²) in [5.74, 6) is -0.423. The lowest BCUT2D eigenvalue weighted by Crippen LogP contribution is -2.45. The van der Waals surface area contributed by atoms with Gasteiger partial charge in [-0.1, -0.05) is 13.3 Å². The minimum Gasteiger partial charge on any atom is -0.480 e. The zero-order chi connectivity index (χ0) is 12.1. The second-order valence-electron chi connectivity index (χ2n) is 4.40. The number of hydrogen-bond donors (Lipinski definition) is 2. The van der Waals surface area contributed by atoms with Crippen molar-refractivity contribution in [1.82, 2.24) is 10.2 Å². The fourth-order valence-electron chi connectivity index (χ4n) is 2.00. The molecule has 2 atom stereocenters. The first-order chi connectivity index (χ1) is 7.54. The SMILES string of the molecule is CCCC1CCN(C(=O)N[C@@H](C)C(=O)O)C1. The van der Waals surface area contributed by atoms with Crippen LogP contribution in [0.15, 0.2) is 0 Å². The van der Waals surface area contributed by atoms with E-state index in [0.717, 1.165) is 32.4 Å². The third-order valence-electron chi connectivity index (χ3n) is 2.98. The maximum absolute atomic E-state index is 11.7. The highest BCUT2D eigenvalue weighted by atomic mass is 16.4. The van der Waals surface area contributed by atoms with Crippen LogP contribution in [-0.2, 0) is 4.79 Å². The van der Waals surface area contributed by atoms with Crippen molar-refractivity contribution in [2.24, 2.45) is 5.92 Å². The van der Waals surface area contributed by atoms with Crippen LogP contribution in [0.1, 0.15) is 33.1 Å². The molecule has 2 N–H and O–H groups in total. The van der Waals surface area contributed by atoms with E-state index < -0.39 is 12.0 Å². The lowest BCUT2D eigenvalue weighted by atomic mass is 10.0. The van der Waals surface area contributed by atoms with Gasteiger partial charge in [-0.15, -0.1) is 0 Å². The molecule has 1 fully saturated rings. The first-order valence-electron chi connectivity index (χ1n) is 5.82. The monoisotopic (exact) mass is 228 g/mol. The number of hydrogen-bond acceptors (Lipinski definition) is 2. The summed E-state index contributed by atoms with van der Waals surface area (Å²) in [6.45, 7) is 5.10. The largest absolute Gasteiger partial charge is 0.480 e. The second-order valence-corrected chi connectivity index (χ2v) is 4.40. The summed E-state index contributed by atoms with van der Waals surface area (Å²) in [5.41, 5.74) is 0. The fourth-order valence-corrected chi connectivity index (χ4v) is 2.00. The van der Waals surface area contributed by atoms with Gasteiger partial charge in [0.05, 0.1) is 0 Å². The van der Waals surface area contributed by atoms with E-state index in [1.54, 1.807) is 4.90 Å². The Kier molecular flexibility index (Phi) is 4.58. The van der Waals surface area contributed by atoms with Gasteiger partial charge in [-0.05, 0) is 25.7 Å². The van der Waals surface area contributed by atoms with Gasteiger partial charge in [0, 0.05) is 13.1 Å². The van der Waals surface area contributed by atoms with Crippen molar-refractivity contribution in [1.29, 1.82) is 0 Å². The second kappa shape index (κ2) is 5.72. The minimum atomic E-state index is -1.00. The van der Waals surface area contributed by atoms with E-state index in [4.69, 9.17) is 5.11 Å². The van der Waals surface area contributed by atoms with E-state index in [0.29, 0.717) is 5.92 Å². The Morgan fingerprint density at radius 3 is 2.81 bits per heavy atom. The first kappa shape index (κ1) is 12.8. The summed E-state index contributed by atoms with van der Waals surface area (Å²) in [5, 5.41) is 11.1. The zero-order valence-electron chi connectivity index (χ0n) is 9.90. The quantitative estimate of drug-likeness (QED) is 0.761. The third-order valence-corrected chi connectivity index (χ3v) is 2.98. The van der Waals surface area contributed by atoms with Crippen molar-refractivity contribution in [2.45, 2.75) is 39.2 Å². The van der Waals surface area contributed by atoms with Gasteiger partial charge in [0.25, 0.3) is 0 Å². The van der Waals surface area contributed by atoms with Crippen LogP contribution in [0.3, 0.4) is 0 Å². The van der Waals surface area contributed by atoms with Crippen LogP contribution in [0.25, 0.3) is 0 Å². The van der Waals surface area contributed by atoms with E-state index >= 15 is 0 Å². The molecule has 2 amide bonds. The smallest absolute Gasteiger partial charge is 0.325 e. The highest BCUT2D eigenvalue weighted by molar-refractivity contribution is 5.82. The molecule has 92 valence electrons. The number of carbonyl (C=O) groups is 2. The van der Waals surface area contributed by atoms with Gasteiger partial charge in [-0.25, -0.2) is 4.79 Å². The van der Waals surface area contributed by atoms with Gasteiger partial charge in [0.2, 0.25) is 0 Å². The van der Waals surface area contributed by atoms with Crippen molar-refractivity contribution < 1.29 is 14.7 Å². The topological polar surface area (TPSA) is 69.6 Å². The van der Waals surface area contributed by atoms with E-state index in [2.05, 4.69) is 12.2 Å². The fraction of sp³-hybridized carbons (Fsp3) is 0.818. The Morgan fingerprint density at radius 1 is 1.56 bits per heavy atom. The molecule has 0 aromatic heterocycles. The maximum atomic E-state index is 11.7. The first-order valence-corrected chi connectivity index (χ1v) is 5.82. The number of amides is 2. The molecule has 5 nitrogen and oxygen atoms in total. The predicted molar refractivity (Wildman–Crippen MR) is 60.2 cm³/mol. The van der Waals surface area contributed by atoms with Gasteiger partial charge in [0.15, 0.2) is 0 Å². The number of carbonyl (C=O) groups excluding carboxylic acids is 1. The molecule has 0 radical (unpaired) electrons. The third kappa shape index (κ3) is 3.40. The summed E-state index contributed by atoms with van der Waals surface area (Å²) in [6.07, 6.45) is 3.30. The molecule has 1 unspecified atom stereocenters. The standard InChI is InChI=1S/C11H20N2O3/c1-3-4-9-5-6-13(7-9)11(16)12-8(2)10(14)15/h8-9H,3-7H2,1-2H3,(H,12,16)(H,14,15)/t8-,9?/m0/s1. The van der Waals surface area contributed by atoms with Crippen molar-refractivity contribution in [2.75, 3.05) is 13.1 Å². The van der Waals surface area contributed by atoms with Crippen molar-refractivity contribution in [3.05, 3.63) is 0 Å².